The van der Waals surface area contributed by atoms with Crippen LogP contribution in [0.4, 0.5) is 0 Å². The van der Waals surface area contributed by atoms with Gasteiger partial charge in [-0.25, -0.2) is 4.98 Å². The lowest BCUT2D eigenvalue weighted by molar-refractivity contribution is 0.530. The van der Waals surface area contributed by atoms with Crippen molar-refractivity contribution in [3.8, 4) is 0 Å². The molecule has 1 aromatic heterocycles. The van der Waals surface area contributed by atoms with E-state index in [2.05, 4.69) is 116 Å². The fourth-order valence-corrected chi connectivity index (χ4v) is 7.45. The van der Waals surface area contributed by atoms with Gasteiger partial charge in [0.05, 0.1) is 17.1 Å². The Morgan fingerprint density at radius 1 is 0.725 bits per heavy atom. The molecule has 40 heavy (non-hydrogen) atoms. The van der Waals surface area contributed by atoms with Crippen LogP contribution in [0.25, 0.3) is 22.2 Å². The Morgan fingerprint density at radius 3 is 2.23 bits per heavy atom. The van der Waals surface area contributed by atoms with Crippen LogP contribution in [0.15, 0.2) is 108 Å². The van der Waals surface area contributed by atoms with Crippen LogP contribution in [0, 0.1) is 24.7 Å². The van der Waals surface area contributed by atoms with Crippen molar-refractivity contribution < 1.29 is 0 Å². The maximum atomic E-state index is 5.29. The van der Waals surface area contributed by atoms with Crippen molar-refractivity contribution in [1.29, 1.82) is 0 Å². The van der Waals surface area contributed by atoms with Crippen LogP contribution < -0.4 is 10.4 Å². The highest BCUT2D eigenvalue weighted by Crippen LogP contribution is 2.56. The largest absolute Gasteiger partial charge is 0.313 e. The zero-order valence-electron chi connectivity index (χ0n) is 24.9. The van der Waals surface area contributed by atoms with Crippen molar-refractivity contribution in [2.45, 2.75) is 54.5 Å². The Labute approximate surface area is 238 Å². The van der Waals surface area contributed by atoms with Gasteiger partial charge in [0.1, 0.15) is 5.82 Å². The van der Waals surface area contributed by atoms with E-state index < -0.39 is 0 Å². The van der Waals surface area contributed by atoms with Crippen LogP contribution in [-0.4, -0.2) is 9.55 Å². The molecule has 0 saturated heterocycles. The molecule has 2 nitrogen and oxygen atoms in total. The lowest BCUT2D eigenvalue weighted by Crippen LogP contribution is -2.44. The molecule has 2 heterocycles. The second-order valence-electron chi connectivity index (χ2n) is 10.9. The summed E-state index contributed by atoms with van der Waals surface area (Å²) in [5.41, 5.74) is 12.3. The van der Waals surface area contributed by atoms with E-state index in [1.54, 1.807) is 11.1 Å². The van der Waals surface area contributed by atoms with Gasteiger partial charge < -0.3 is 4.57 Å². The van der Waals surface area contributed by atoms with Gasteiger partial charge in [-0.1, -0.05) is 132 Å². The molecule has 0 radical (unpaired) electrons. The number of rotatable bonds is 1. The number of imidazole rings is 1. The van der Waals surface area contributed by atoms with E-state index in [4.69, 9.17) is 4.98 Å². The number of allylic oxidation sites excluding steroid dienone is 6. The molecular formula is C38H40N2. The van der Waals surface area contributed by atoms with Gasteiger partial charge in [-0.2, -0.15) is 0 Å². The lowest BCUT2D eigenvalue weighted by Gasteiger charge is -2.46. The highest BCUT2D eigenvalue weighted by atomic mass is 15.1. The van der Waals surface area contributed by atoms with Crippen molar-refractivity contribution in [2.24, 2.45) is 17.8 Å². The van der Waals surface area contributed by atoms with Crippen molar-refractivity contribution in [1.82, 2.24) is 9.55 Å². The molecule has 0 fully saturated rings. The van der Waals surface area contributed by atoms with Crippen molar-refractivity contribution in [3.05, 3.63) is 135 Å². The number of fused-ring (bicyclic) bond motifs is 6. The van der Waals surface area contributed by atoms with Gasteiger partial charge in [-0.3, -0.25) is 0 Å². The average molecular weight is 525 g/mol. The van der Waals surface area contributed by atoms with E-state index in [1.165, 1.54) is 43.8 Å². The molecule has 0 amide bonds. The first-order valence-corrected chi connectivity index (χ1v) is 15.1. The number of aromatic nitrogens is 2. The van der Waals surface area contributed by atoms with E-state index >= 15 is 0 Å². The zero-order chi connectivity index (χ0) is 28.1. The molecule has 0 spiro atoms. The maximum Gasteiger partial charge on any atom is 0.139 e. The molecular weight excluding hydrogens is 484 g/mol. The summed E-state index contributed by atoms with van der Waals surface area (Å²) in [6.07, 6.45) is 7.44. The van der Waals surface area contributed by atoms with Crippen molar-refractivity contribution in [2.75, 3.05) is 0 Å². The summed E-state index contributed by atoms with van der Waals surface area (Å²) >= 11 is 0. The van der Waals surface area contributed by atoms with Gasteiger partial charge in [0, 0.05) is 11.5 Å². The van der Waals surface area contributed by atoms with Crippen LogP contribution in [0.5, 0.6) is 0 Å². The zero-order valence-corrected chi connectivity index (χ0v) is 24.9. The van der Waals surface area contributed by atoms with Gasteiger partial charge in [0.2, 0.25) is 0 Å². The molecule has 0 saturated carbocycles. The molecule has 1 aliphatic heterocycles. The molecule has 0 bridgehead atoms. The fraction of sp³-hybridized carbons (Fsp3) is 0.289. The third-order valence-corrected chi connectivity index (χ3v) is 8.75. The maximum absolute atomic E-state index is 5.29. The molecule has 202 valence electrons. The number of hydrogen-bond donors (Lipinski definition) is 0. The highest BCUT2D eigenvalue weighted by Gasteiger charge is 2.46. The summed E-state index contributed by atoms with van der Waals surface area (Å²) in [6, 6.07) is 26.9. The van der Waals surface area contributed by atoms with E-state index in [0.717, 1.165) is 11.3 Å². The van der Waals surface area contributed by atoms with Gasteiger partial charge in [-0.15, -0.1) is 0 Å². The Balaban J connectivity index is 0.000000694. The Morgan fingerprint density at radius 2 is 1.45 bits per heavy atom. The summed E-state index contributed by atoms with van der Waals surface area (Å²) in [6.45, 7) is 15.0. The highest BCUT2D eigenvalue weighted by molar-refractivity contribution is 5.93. The van der Waals surface area contributed by atoms with Gasteiger partial charge in [0.25, 0.3) is 0 Å². The Bertz CT molecular complexity index is 1840. The Hall–Kier alpha value is -3.91. The minimum absolute atomic E-state index is 0.211. The number of para-hydroxylation sites is 2. The number of hydrogen-bond acceptors (Lipinski definition) is 1. The second kappa shape index (κ2) is 10.2. The molecule has 4 aliphatic rings. The lowest BCUT2D eigenvalue weighted by atomic mass is 9.61. The molecule has 3 aliphatic carbocycles. The number of aryl methyl sites for hydroxylation is 1. The first-order chi connectivity index (χ1) is 19.6. The fourth-order valence-electron chi connectivity index (χ4n) is 7.45. The average Bonchev–Trinajstić information content (AvgIpc) is 3.38. The summed E-state index contributed by atoms with van der Waals surface area (Å²) in [7, 11) is 0. The number of benzene rings is 3. The van der Waals surface area contributed by atoms with Gasteiger partial charge in [0.15, 0.2) is 0 Å². The quantitative estimate of drug-likeness (QED) is 0.230. The minimum Gasteiger partial charge on any atom is -0.313 e. The summed E-state index contributed by atoms with van der Waals surface area (Å²) in [5, 5.41) is 2.66. The standard InChI is InChI=1S/C34H28N2.2C2H6/c1-19-9-8-10-22(17-19)30-23-11-4-5-12-24(23)32-31-25(30)18-21(3)29-20(2)15-16-28(33(29)31)36-27-14-7-6-13-26(27)35-34(32)36;2*1-2/h4-18,20-21,28,31H,1-3H3;2*1-2H3. The minimum atomic E-state index is 0.211. The van der Waals surface area contributed by atoms with E-state index in [1.807, 2.05) is 27.7 Å². The Kier molecular flexibility index (Phi) is 6.74. The summed E-state index contributed by atoms with van der Waals surface area (Å²) < 4.78 is 2.52. The first kappa shape index (κ1) is 26.3. The predicted octanol–water partition coefficient (Wildman–Crippen LogP) is 8.06. The van der Waals surface area contributed by atoms with Crippen molar-refractivity contribution in [3.63, 3.8) is 0 Å². The second-order valence-corrected chi connectivity index (χ2v) is 10.9. The van der Waals surface area contributed by atoms with Crippen LogP contribution in [0.3, 0.4) is 0 Å². The third kappa shape index (κ3) is 3.65. The smallest absolute Gasteiger partial charge is 0.139 e. The van der Waals surface area contributed by atoms with Gasteiger partial charge in [-0.05, 0) is 63.6 Å². The molecule has 0 N–H and O–H groups in total. The number of nitrogens with zero attached hydrogens (tertiary/aromatic N) is 2. The summed E-state index contributed by atoms with van der Waals surface area (Å²) in [4.78, 5) is 5.29. The third-order valence-electron chi connectivity index (χ3n) is 8.75. The molecule has 2 heteroatoms. The van der Waals surface area contributed by atoms with Crippen molar-refractivity contribution >= 4 is 22.2 Å². The van der Waals surface area contributed by atoms with Gasteiger partial charge >= 0.3 is 0 Å². The van der Waals surface area contributed by atoms with E-state index in [9.17, 15) is 0 Å². The predicted molar refractivity (Wildman–Crippen MR) is 169 cm³/mol. The SMILES string of the molecule is CC.CC.Cc1cccc(C2=c3ccccc3=C3c4nc5ccccc5n4C4C=CC(C)C5=C4C3C2=CC5C)c1. The molecule has 4 unspecified atom stereocenters. The molecule has 4 aromatic rings. The first-order valence-electron chi connectivity index (χ1n) is 15.1. The van der Waals surface area contributed by atoms with E-state index in [-0.39, 0.29) is 12.0 Å². The van der Waals surface area contributed by atoms with Crippen LogP contribution in [0.1, 0.15) is 64.5 Å². The van der Waals surface area contributed by atoms with Crippen LogP contribution in [0.2, 0.25) is 0 Å². The monoisotopic (exact) mass is 524 g/mol. The van der Waals surface area contributed by atoms with E-state index in [0.29, 0.717) is 11.8 Å². The molecule has 8 rings (SSSR count). The normalized spacial score (nSPS) is 23.2. The molecule has 4 atom stereocenters. The summed E-state index contributed by atoms with van der Waals surface area (Å²) in [5.74, 6) is 2.21. The topological polar surface area (TPSA) is 17.8 Å². The van der Waals surface area contributed by atoms with Crippen LogP contribution in [-0.2, 0) is 0 Å². The van der Waals surface area contributed by atoms with Crippen LogP contribution >= 0.6 is 0 Å². The molecule has 3 aromatic carbocycles.